The summed E-state index contributed by atoms with van der Waals surface area (Å²) in [5.74, 6) is -0.679. The van der Waals surface area contributed by atoms with Gasteiger partial charge in [0.1, 0.15) is 10.6 Å². The zero-order valence-electron chi connectivity index (χ0n) is 14.9. The molecular weight excluding hydrogens is 360 g/mol. The molecule has 0 unspecified atom stereocenters. The second kappa shape index (κ2) is 6.76. The van der Waals surface area contributed by atoms with Gasteiger partial charge in [-0.3, -0.25) is 4.79 Å². The van der Waals surface area contributed by atoms with Crippen LogP contribution in [-0.2, 0) is 15.3 Å². The number of anilines is 1. The number of aromatic hydroxyl groups is 1. The number of carbonyl (C=O) groups excluding carboxylic acids is 1. The summed E-state index contributed by atoms with van der Waals surface area (Å²) in [5.41, 5.74) is 0.486. The fraction of sp³-hybridized carbons (Fsp3) is 0.412. The Morgan fingerprint density at radius 1 is 1.32 bits per heavy atom. The first-order chi connectivity index (χ1) is 11.5. The average Bonchev–Trinajstić information content (AvgIpc) is 2.91. The number of benzene rings is 1. The van der Waals surface area contributed by atoms with E-state index in [4.69, 9.17) is 0 Å². The van der Waals surface area contributed by atoms with Gasteiger partial charge in [0, 0.05) is 5.41 Å². The number of nitrogens with one attached hydrogen (secondary N) is 1. The van der Waals surface area contributed by atoms with E-state index in [0.29, 0.717) is 10.6 Å². The number of sulfone groups is 1. The van der Waals surface area contributed by atoms with Crippen LogP contribution in [0.5, 0.6) is 5.75 Å². The first kappa shape index (κ1) is 19.4. The van der Waals surface area contributed by atoms with Crippen molar-refractivity contribution in [1.82, 2.24) is 4.98 Å². The van der Waals surface area contributed by atoms with Gasteiger partial charge < -0.3 is 10.4 Å². The Morgan fingerprint density at radius 2 is 1.96 bits per heavy atom. The third kappa shape index (κ3) is 4.19. The summed E-state index contributed by atoms with van der Waals surface area (Å²) < 4.78 is 24.0. The third-order valence-electron chi connectivity index (χ3n) is 3.60. The molecule has 1 amide bonds. The normalized spacial score (nSPS) is 12.2. The first-order valence-electron chi connectivity index (χ1n) is 7.80. The number of hydrogen-bond acceptors (Lipinski definition) is 6. The predicted molar refractivity (Wildman–Crippen MR) is 99.3 cm³/mol. The number of aryl methyl sites for hydroxylation is 1. The molecule has 1 heterocycles. The highest BCUT2D eigenvalue weighted by molar-refractivity contribution is 7.91. The van der Waals surface area contributed by atoms with Crippen LogP contribution in [0.4, 0.5) is 5.69 Å². The number of aromatic nitrogens is 1. The maximum atomic E-state index is 12.6. The van der Waals surface area contributed by atoms with E-state index in [1.165, 1.54) is 36.5 Å². The fourth-order valence-electron chi connectivity index (χ4n) is 2.08. The molecule has 0 aliphatic heterocycles. The summed E-state index contributed by atoms with van der Waals surface area (Å²) in [6, 6.07) is 3.85. The second-order valence-electron chi connectivity index (χ2n) is 6.72. The number of thiazole rings is 1. The number of nitrogens with zero attached hydrogens (tertiary/aromatic N) is 1. The second-order valence-corrected chi connectivity index (χ2v) is 10.00. The zero-order valence-corrected chi connectivity index (χ0v) is 16.5. The molecule has 25 heavy (non-hydrogen) atoms. The molecule has 0 saturated heterocycles. The molecule has 0 fully saturated rings. The molecule has 6 nitrogen and oxygen atoms in total. The van der Waals surface area contributed by atoms with Gasteiger partial charge in [0.05, 0.1) is 27.0 Å². The fourth-order valence-corrected chi connectivity index (χ4v) is 4.01. The molecule has 0 radical (unpaired) electrons. The summed E-state index contributed by atoms with van der Waals surface area (Å²) in [7, 11) is -3.43. The summed E-state index contributed by atoms with van der Waals surface area (Å²) in [6.45, 7) is 9.32. The minimum Gasteiger partial charge on any atom is -0.506 e. The van der Waals surface area contributed by atoms with Crippen LogP contribution >= 0.6 is 11.3 Å². The van der Waals surface area contributed by atoms with Crippen molar-refractivity contribution in [3.8, 4) is 5.75 Å². The Bertz CT molecular complexity index is 909. The minimum atomic E-state index is -3.43. The number of hydrogen-bond donors (Lipinski definition) is 2. The van der Waals surface area contributed by atoms with Crippen molar-refractivity contribution >= 4 is 32.8 Å². The summed E-state index contributed by atoms with van der Waals surface area (Å²) in [4.78, 5) is 17.5. The third-order valence-corrected chi connectivity index (χ3v) is 6.91. The lowest BCUT2D eigenvalue weighted by Crippen LogP contribution is -2.12. The van der Waals surface area contributed by atoms with Gasteiger partial charge in [-0.25, -0.2) is 13.4 Å². The molecule has 0 atom stereocenters. The van der Waals surface area contributed by atoms with Crippen LogP contribution in [0.1, 0.15) is 48.1 Å². The van der Waals surface area contributed by atoms with Crippen molar-refractivity contribution in [2.75, 3.05) is 11.1 Å². The smallest absolute Gasteiger partial charge is 0.267 e. The summed E-state index contributed by atoms with van der Waals surface area (Å²) in [5, 5.41) is 13.4. The highest BCUT2D eigenvalue weighted by Gasteiger charge is 2.24. The van der Waals surface area contributed by atoms with Gasteiger partial charge in [0.15, 0.2) is 9.84 Å². The van der Waals surface area contributed by atoms with Crippen LogP contribution in [0.25, 0.3) is 0 Å². The largest absolute Gasteiger partial charge is 0.506 e. The highest BCUT2D eigenvalue weighted by atomic mass is 32.2. The maximum absolute atomic E-state index is 12.6. The van der Waals surface area contributed by atoms with Crippen molar-refractivity contribution in [2.45, 2.75) is 44.9 Å². The standard InChI is InChI=1S/C17H22N2O4S2/c1-6-25(22,23)11-7-8-13(20)12(9-11)19-15(21)14-10(2)18-16(24-14)17(3,4)5/h7-9,20H,6H2,1-5H3,(H,19,21). The van der Waals surface area contributed by atoms with E-state index in [1.807, 2.05) is 20.8 Å². The number of carbonyl (C=O) groups is 1. The van der Waals surface area contributed by atoms with Gasteiger partial charge in [-0.2, -0.15) is 0 Å². The van der Waals surface area contributed by atoms with E-state index in [1.54, 1.807) is 6.92 Å². The van der Waals surface area contributed by atoms with Gasteiger partial charge in [-0.15, -0.1) is 11.3 Å². The number of phenolic OH excluding ortho intramolecular Hbond substituents is 1. The number of phenols is 1. The van der Waals surface area contributed by atoms with Gasteiger partial charge in [0.25, 0.3) is 5.91 Å². The molecule has 136 valence electrons. The first-order valence-corrected chi connectivity index (χ1v) is 10.3. The molecule has 1 aromatic heterocycles. The Hall–Kier alpha value is -1.93. The van der Waals surface area contributed by atoms with Crippen LogP contribution in [-0.4, -0.2) is 30.2 Å². The van der Waals surface area contributed by atoms with Crippen molar-refractivity contribution < 1.29 is 18.3 Å². The van der Waals surface area contributed by atoms with Crippen LogP contribution in [0.3, 0.4) is 0 Å². The van der Waals surface area contributed by atoms with Crippen molar-refractivity contribution in [1.29, 1.82) is 0 Å². The van der Waals surface area contributed by atoms with Crippen LogP contribution in [0.2, 0.25) is 0 Å². The molecule has 0 saturated carbocycles. The molecule has 1 aromatic carbocycles. The Kier molecular flexibility index (Phi) is 5.24. The molecule has 0 spiro atoms. The topological polar surface area (TPSA) is 96.4 Å². The van der Waals surface area contributed by atoms with E-state index >= 15 is 0 Å². The van der Waals surface area contributed by atoms with E-state index in [-0.39, 0.29) is 27.5 Å². The van der Waals surface area contributed by atoms with Crippen molar-refractivity contribution in [3.05, 3.63) is 33.8 Å². The highest BCUT2D eigenvalue weighted by Crippen LogP contribution is 2.31. The molecule has 0 aliphatic carbocycles. The lowest BCUT2D eigenvalue weighted by molar-refractivity contribution is 0.102. The Labute approximate surface area is 151 Å². The van der Waals surface area contributed by atoms with Gasteiger partial charge >= 0.3 is 0 Å². The zero-order chi connectivity index (χ0) is 19.0. The van der Waals surface area contributed by atoms with Gasteiger partial charge in [0.2, 0.25) is 0 Å². The molecule has 0 bridgehead atoms. The van der Waals surface area contributed by atoms with E-state index in [9.17, 15) is 18.3 Å². The number of amides is 1. The average molecular weight is 383 g/mol. The Morgan fingerprint density at radius 3 is 2.48 bits per heavy atom. The molecule has 0 aliphatic rings. The van der Waals surface area contributed by atoms with Crippen molar-refractivity contribution in [2.24, 2.45) is 0 Å². The molecule has 2 aromatic rings. The van der Waals surface area contributed by atoms with Crippen molar-refractivity contribution in [3.63, 3.8) is 0 Å². The summed E-state index contributed by atoms with van der Waals surface area (Å²) >= 11 is 1.29. The molecule has 2 rings (SSSR count). The monoisotopic (exact) mass is 382 g/mol. The minimum absolute atomic E-state index is 0.0551. The van der Waals surface area contributed by atoms with Crippen LogP contribution < -0.4 is 5.32 Å². The van der Waals surface area contributed by atoms with Crippen LogP contribution in [0, 0.1) is 6.92 Å². The Balaban J connectivity index is 2.36. The molecule has 2 N–H and O–H groups in total. The summed E-state index contributed by atoms with van der Waals surface area (Å²) in [6.07, 6.45) is 0. The molecular formula is C17H22N2O4S2. The lowest BCUT2D eigenvalue weighted by atomic mass is 9.98. The quantitative estimate of drug-likeness (QED) is 0.789. The van der Waals surface area contributed by atoms with Gasteiger partial charge in [-0.05, 0) is 25.1 Å². The predicted octanol–water partition coefficient (Wildman–Crippen LogP) is 3.50. The van der Waals surface area contributed by atoms with E-state index in [2.05, 4.69) is 10.3 Å². The lowest BCUT2D eigenvalue weighted by Gasteiger charge is -2.13. The van der Waals surface area contributed by atoms with Crippen LogP contribution in [0.15, 0.2) is 23.1 Å². The molecule has 8 heteroatoms. The maximum Gasteiger partial charge on any atom is 0.267 e. The van der Waals surface area contributed by atoms with E-state index in [0.717, 1.165) is 5.01 Å². The van der Waals surface area contributed by atoms with Gasteiger partial charge in [-0.1, -0.05) is 27.7 Å². The SMILES string of the molecule is CCS(=O)(=O)c1ccc(O)c(NC(=O)c2sc(C(C)(C)C)nc2C)c1. The van der Waals surface area contributed by atoms with E-state index < -0.39 is 15.7 Å². The number of rotatable bonds is 4.